The van der Waals surface area contributed by atoms with Gasteiger partial charge in [-0.15, -0.1) is 0 Å². The minimum atomic E-state index is -4.72. The third-order valence-corrected chi connectivity index (χ3v) is 6.89. The highest BCUT2D eigenvalue weighted by Gasteiger charge is 2.43. The summed E-state index contributed by atoms with van der Waals surface area (Å²) in [6, 6.07) is 0.432. The molecule has 0 radical (unpaired) electrons. The number of aliphatic hydroxyl groups excluding tert-OH is 2. The number of likely N-dealkylation sites (N-methyl/N-ethyl adjacent to an activating group) is 1. The van der Waals surface area contributed by atoms with Crippen LogP contribution in [0, 0.1) is 5.92 Å². The van der Waals surface area contributed by atoms with E-state index in [2.05, 4.69) is 10.6 Å². The van der Waals surface area contributed by atoms with Crippen molar-refractivity contribution in [3.63, 3.8) is 0 Å². The van der Waals surface area contributed by atoms with Crippen LogP contribution in [-0.4, -0.2) is 93.9 Å². The lowest BCUT2D eigenvalue weighted by molar-refractivity contribution is -0.141. The van der Waals surface area contributed by atoms with Gasteiger partial charge in [0.25, 0.3) is 11.8 Å². The van der Waals surface area contributed by atoms with E-state index in [0.29, 0.717) is 6.07 Å². The van der Waals surface area contributed by atoms with Crippen LogP contribution in [0.3, 0.4) is 0 Å². The van der Waals surface area contributed by atoms with Crippen LogP contribution in [0.15, 0.2) is 18.2 Å². The molecule has 10 nitrogen and oxygen atoms in total. The molecule has 1 aliphatic rings. The van der Waals surface area contributed by atoms with Crippen LogP contribution in [0.25, 0.3) is 0 Å². The fourth-order valence-corrected chi connectivity index (χ4v) is 4.71. The Bertz CT molecular complexity index is 1110. The van der Waals surface area contributed by atoms with Gasteiger partial charge in [0.15, 0.2) is 6.61 Å². The van der Waals surface area contributed by atoms with E-state index in [-0.39, 0.29) is 42.8 Å². The molecule has 13 heteroatoms. The van der Waals surface area contributed by atoms with E-state index >= 15 is 0 Å². The van der Waals surface area contributed by atoms with Gasteiger partial charge in [0, 0.05) is 25.2 Å². The van der Waals surface area contributed by atoms with E-state index < -0.39 is 65.9 Å². The van der Waals surface area contributed by atoms with E-state index in [9.17, 15) is 37.8 Å². The first kappa shape index (κ1) is 35.3. The Morgan fingerprint density at radius 3 is 2.29 bits per heavy atom. The van der Waals surface area contributed by atoms with Gasteiger partial charge in [-0.3, -0.25) is 19.3 Å². The molecule has 2 rings (SSSR count). The molecule has 1 fully saturated rings. The molecule has 0 aliphatic carbocycles. The third kappa shape index (κ3) is 9.84. The van der Waals surface area contributed by atoms with Crippen LogP contribution in [0.2, 0.25) is 0 Å². The highest BCUT2D eigenvalue weighted by atomic mass is 19.4. The summed E-state index contributed by atoms with van der Waals surface area (Å²) >= 11 is 0. The van der Waals surface area contributed by atoms with Crippen LogP contribution in [0.1, 0.15) is 77.2 Å². The number of β-amino-alcohol motifs (C(OH)–C–C–N with tert-alkyl or cyclic N) is 1. The van der Waals surface area contributed by atoms with Crippen LogP contribution >= 0.6 is 0 Å². The summed E-state index contributed by atoms with van der Waals surface area (Å²) in [5, 5.41) is 27.1. The minimum Gasteiger partial charge on any atom is -0.483 e. The molecule has 1 heterocycles. The molecule has 0 saturated carbocycles. The Morgan fingerprint density at radius 2 is 1.76 bits per heavy atom. The Morgan fingerprint density at radius 1 is 1.14 bits per heavy atom. The first-order valence-corrected chi connectivity index (χ1v) is 14.1. The van der Waals surface area contributed by atoms with E-state index in [0.717, 1.165) is 12.1 Å². The number of carbonyl (C=O) groups excluding carboxylic acids is 3. The lowest BCUT2D eigenvalue weighted by Gasteiger charge is -2.37. The lowest BCUT2D eigenvalue weighted by atomic mass is 10.00. The zero-order chi connectivity index (χ0) is 32.2. The van der Waals surface area contributed by atoms with E-state index in [1.807, 2.05) is 27.7 Å². The molecule has 1 aliphatic heterocycles. The van der Waals surface area contributed by atoms with Crippen molar-refractivity contribution >= 4 is 17.7 Å². The van der Waals surface area contributed by atoms with Gasteiger partial charge < -0.3 is 30.5 Å². The van der Waals surface area contributed by atoms with Gasteiger partial charge in [-0.05, 0) is 71.6 Å². The fraction of sp³-hybridized carbons (Fsp3) is 0.690. The summed E-state index contributed by atoms with van der Waals surface area (Å²) in [6.07, 6.45) is -6.63. The smallest absolute Gasteiger partial charge is 0.416 e. The summed E-state index contributed by atoms with van der Waals surface area (Å²) in [5.41, 5.74) is -1.94. The second-order valence-corrected chi connectivity index (χ2v) is 12.6. The molecule has 1 saturated heterocycles. The quantitative estimate of drug-likeness (QED) is 0.306. The molecule has 0 bridgehead atoms. The number of amides is 3. The summed E-state index contributed by atoms with van der Waals surface area (Å²) in [7, 11) is 1.63. The van der Waals surface area contributed by atoms with Crippen molar-refractivity contribution in [3.8, 4) is 5.75 Å². The van der Waals surface area contributed by atoms with Gasteiger partial charge in [0.1, 0.15) is 12.0 Å². The first-order valence-electron chi connectivity index (χ1n) is 14.1. The molecule has 0 spiro atoms. The number of ether oxygens (including phenoxy) is 1. The summed E-state index contributed by atoms with van der Waals surface area (Å²) in [5.74, 6) is -2.19. The number of alkyl halides is 3. The van der Waals surface area contributed by atoms with Crippen LogP contribution < -0.4 is 15.4 Å². The van der Waals surface area contributed by atoms with Crippen molar-refractivity contribution in [2.24, 2.45) is 5.92 Å². The molecule has 0 aromatic heterocycles. The summed E-state index contributed by atoms with van der Waals surface area (Å²) in [6.45, 7) is 11.9. The van der Waals surface area contributed by atoms with Gasteiger partial charge in [-0.1, -0.05) is 13.8 Å². The molecule has 3 amide bonds. The Hall–Kier alpha value is -2.90. The molecule has 1 aromatic rings. The van der Waals surface area contributed by atoms with Gasteiger partial charge in [-0.25, -0.2) is 0 Å². The Labute approximate surface area is 245 Å². The van der Waals surface area contributed by atoms with E-state index in [4.69, 9.17) is 4.74 Å². The zero-order valence-corrected chi connectivity index (χ0v) is 25.6. The largest absolute Gasteiger partial charge is 0.483 e. The predicted octanol–water partition coefficient (Wildman–Crippen LogP) is 2.76. The van der Waals surface area contributed by atoms with Crippen molar-refractivity contribution < 1.29 is 42.5 Å². The molecule has 1 unspecified atom stereocenters. The van der Waals surface area contributed by atoms with E-state index in [1.165, 1.54) is 9.80 Å². The standard InChI is InChI=1S/C29H45F3N4O6/c1-16(2)11-21(26(40)36-14-19(37)13-22(36)27(41)35(8)17(3)4)33-25(39)20-10-9-18(29(30,31)32)12-23(20)42-15-24(38)34-28(5,6)7/h9-10,12,16-17,19,21-22,26,37,40H,11,13-15H2,1-8H3,(H,33,39)(H,34,38)/t19-,21+,22+,26?/m0/s1. The monoisotopic (exact) mass is 602 g/mol. The lowest BCUT2D eigenvalue weighted by Crippen LogP contribution is -2.57. The average molecular weight is 603 g/mol. The van der Waals surface area contributed by atoms with Crippen molar-refractivity contribution in [1.82, 2.24) is 20.4 Å². The third-order valence-electron chi connectivity index (χ3n) is 6.89. The number of rotatable bonds is 11. The Kier molecular flexibility index (Phi) is 11.8. The molecule has 1 aromatic carbocycles. The maximum Gasteiger partial charge on any atom is 0.416 e. The van der Waals surface area contributed by atoms with Crippen LogP contribution in [-0.2, 0) is 15.8 Å². The van der Waals surface area contributed by atoms with Gasteiger partial charge in [0.05, 0.1) is 29.3 Å². The van der Waals surface area contributed by atoms with Crippen LogP contribution in [0.4, 0.5) is 13.2 Å². The van der Waals surface area contributed by atoms with Crippen molar-refractivity contribution in [2.75, 3.05) is 20.2 Å². The number of carbonyl (C=O) groups is 3. The van der Waals surface area contributed by atoms with Crippen molar-refractivity contribution in [1.29, 1.82) is 0 Å². The van der Waals surface area contributed by atoms with Crippen molar-refractivity contribution in [2.45, 2.75) is 103 Å². The number of likely N-dealkylation sites (tertiary alicyclic amines) is 1. The number of halogens is 3. The van der Waals surface area contributed by atoms with E-state index in [1.54, 1.807) is 27.8 Å². The number of aliphatic hydroxyl groups is 2. The zero-order valence-electron chi connectivity index (χ0n) is 25.6. The minimum absolute atomic E-state index is 0.00843. The SMILES string of the molecule is CC(C)C[C@@H](NC(=O)c1ccc(C(F)(F)F)cc1OCC(=O)NC(C)(C)C)C(O)N1C[C@@H](O)C[C@@H]1C(=O)N(C)C(C)C. The van der Waals surface area contributed by atoms with Gasteiger partial charge in [-0.2, -0.15) is 13.2 Å². The predicted molar refractivity (Wildman–Crippen MR) is 151 cm³/mol. The molecular formula is C29H45F3N4O6. The molecule has 4 atom stereocenters. The van der Waals surface area contributed by atoms with Gasteiger partial charge >= 0.3 is 6.18 Å². The average Bonchev–Trinajstić information content (AvgIpc) is 3.25. The highest BCUT2D eigenvalue weighted by Crippen LogP contribution is 2.33. The summed E-state index contributed by atoms with van der Waals surface area (Å²) < 4.78 is 45.8. The molecule has 4 N–H and O–H groups in total. The second-order valence-electron chi connectivity index (χ2n) is 12.6. The maximum absolute atomic E-state index is 13.5. The topological polar surface area (TPSA) is 131 Å². The number of nitrogens with one attached hydrogen (secondary N) is 2. The highest BCUT2D eigenvalue weighted by molar-refractivity contribution is 5.97. The molecular weight excluding hydrogens is 557 g/mol. The fourth-order valence-electron chi connectivity index (χ4n) is 4.71. The summed E-state index contributed by atoms with van der Waals surface area (Å²) in [4.78, 5) is 41.8. The normalized spacial score (nSPS) is 19.5. The first-order chi connectivity index (χ1) is 19.2. The number of hydrogen-bond acceptors (Lipinski definition) is 7. The number of hydrogen-bond donors (Lipinski definition) is 4. The number of nitrogens with zero attached hydrogens (tertiary/aromatic N) is 2. The van der Waals surface area contributed by atoms with Gasteiger partial charge in [0.2, 0.25) is 5.91 Å². The maximum atomic E-state index is 13.5. The Balaban J connectivity index is 2.37. The molecule has 238 valence electrons. The van der Waals surface area contributed by atoms with Crippen molar-refractivity contribution in [3.05, 3.63) is 29.3 Å². The molecule has 42 heavy (non-hydrogen) atoms. The van der Waals surface area contributed by atoms with Crippen LogP contribution in [0.5, 0.6) is 5.75 Å². The second kappa shape index (κ2) is 14.0. The number of benzene rings is 1.